The van der Waals surface area contributed by atoms with E-state index in [9.17, 15) is 0 Å². The van der Waals surface area contributed by atoms with Gasteiger partial charge in [-0.3, -0.25) is 4.90 Å². The average molecular weight is 316 g/mol. The van der Waals surface area contributed by atoms with E-state index < -0.39 is 0 Å². The summed E-state index contributed by atoms with van der Waals surface area (Å²) in [6, 6.07) is 0.833. The van der Waals surface area contributed by atoms with Gasteiger partial charge in [0.05, 0.1) is 18.1 Å². The largest absolute Gasteiger partial charge is 0.366 e. The second-order valence-corrected chi connectivity index (χ2v) is 7.56. The number of hydrogen-bond donors (Lipinski definition) is 0. The summed E-state index contributed by atoms with van der Waals surface area (Å²) < 4.78 is 0. The van der Waals surface area contributed by atoms with Crippen molar-refractivity contribution in [3.8, 4) is 0 Å². The average Bonchev–Trinajstić information content (AvgIpc) is 2.62. The Morgan fingerprint density at radius 2 is 1.61 bits per heavy atom. The molecular weight excluding hydrogens is 284 g/mol. The summed E-state index contributed by atoms with van der Waals surface area (Å²) in [6.07, 6.45) is 11.1. The molecule has 0 N–H and O–H groups in total. The molecule has 0 spiro atoms. The summed E-state index contributed by atoms with van der Waals surface area (Å²) in [7, 11) is 0. The van der Waals surface area contributed by atoms with Crippen molar-refractivity contribution in [1.82, 2.24) is 14.9 Å². The van der Waals surface area contributed by atoms with Crippen molar-refractivity contribution in [2.24, 2.45) is 5.92 Å². The quantitative estimate of drug-likeness (QED) is 0.848. The molecule has 2 aliphatic rings. The summed E-state index contributed by atoms with van der Waals surface area (Å²) in [5.74, 6) is 2.34. The van der Waals surface area contributed by atoms with Crippen molar-refractivity contribution in [2.75, 3.05) is 31.1 Å². The predicted molar refractivity (Wildman–Crippen MR) is 95.9 cm³/mol. The Kier molecular flexibility index (Phi) is 5.52. The van der Waals surface area contributed by atoms with Crippen LogP contribution in [0.25, 0.3) is 0 Å². The zero-order valence-electron chi connectivity index (χ0n) is 15.0. The summed E-state index contributed by atoms with van der Waals surface area (Å²) in [5, 5.41) is 0. The molecule has 0 atom stereocenters. The minimum absolute atomic E-state index is 0.402. The van der Waals surface area contributed by atoms with Gasteiger partial charge < -0.3 is 4.90 Å². The van der Waals surface area contributed by atoms with Crippen LogP contribution in [0.4, 0.5) is 5.69 Å². The predicted octanol–water partition coefficient (Wildman–Crippen LogP) is 3.69. The van der Waals surface area contributed by atoms with Gasteiger partial charge in [-0.25, -0.2) is 9.97 Å². The van der Waals surface area contributed by atoms with Gasteiger partial charge in [-0.2, -0.15) is 0 Å². The second-order valence-electron chi connectivity index (χ2n) is 7.56. The first-order valence-corrected chi connectivity index (χ1v) is 9.48. The number of aromatic nitrogens is 2. The fourth-order valence-corrected chi connectivity index (χ4v) is 4.06. The van der Waals surface area contributed by atoms with Crippen LogP contribution in [0.5, 0.6) is 0 Å². The number of hydrogen-bond acceptors (Lipinski definition) is 4. The standard InChI is InChI=1S/C19H32N4/c1-4-16-5-7-17(8-6-16)22-9-11-23(12-10-22)18-13-20-19(15(2)3)21-14-18/h13-17H,4-12H2,1-3H3/t16-,17-. The van der Waals surface area contributed by atoms with Crippen molar-refractivity contribution in [3.63, 3.8) is 0 Å². The molecule has 1 aromatic heterocycles. The Labute approximate surface area is 141 Å². The normalized spacial score (nSPS) is 26.7. The Morgan fingerprint density at radius 3 is 2.13 bits per heavy atom. The SMILES string of the molecule is CC[C@H]1CC[C@H](N2CCN(c3cnc(C(C)C)nc3)CC2)CC1. The van der Waals surface area contributed by atoms with Crippen LogP contribution in [0.2, 0.25) is 0 Å². The van der Waals surface area contributed by atoms with E-state index in [0.717, 1.165) is 30.9 Å². The molecule has 0 amide bonds. The van der Waals surface area contributed by atoms with E-state index in [1.165, 1.54) is 50.9 Å². The zero-order chi connectivity index (χ0) is 16.2. The van der Waals surface area contributed by atoms with Crippen molar-refractivity contribution in [3.05, 3.63) is 18.2 Å². The van der Waals surface area contributed by atoms with Crippen LogP contribution in [-0.2, 0) is 0 Å². The smallest absolute Gasteiger partial charge is 0.130 e. The Balaban J connectivity index is 1.50. The molecule has 0 bridgehead atoms. The minimum Gasteiger partial charge on any atom is -0.366 e. The molecule has 4 heteroatoms. The lowest BCUT2D eigenvalue weighted by Crippen LogP contribution is -2.51. The van der Waals surface area contributed by atoms with E-state index in [-0.39, 0.29) is 0 Å². The first-order chi connectivity index (χ1) is 11.2. The van der Waals surface area contributed by atoms with E-state index in [2.05, 4.69) is 40.5 Å². The Morgan fingerprint density at radius 1 is 1.00 bits per heavy atom. The molecule has 1 aliphatic heterocycles. The lowest BCUT2D eigenvalue weighted by Gasteiger charge is -2.42. The molecule has 1 saturated carbocycles. The maximum Gasteiger partial charge on any atom is 0.130 e. The molecule has 3 rings (SSSR count). The number of anilines is 1. The van der Waals surface area contributed by atoms with Crippen molar-refractivity contribution >= 4 is 5.69 Å². The van der Waals surface area contributed by atoms with E-state index >= 15 is 0 Å². The van der Waals surface area contributed by atoms with Gasteiger partial charge in [0.1, 0.15) is 5.82 Å². The van der Waals surface area contributed by atoms with E-state index in [4.69, 9.17) is 0 Å². The van der Waals surface area contributed by atoms with E-state index in [1.54, 1.807) is 0 Å². The number of piperazine rings is 1. The fourth-order valence-electron chi connectivity index (χ4n) is 4.06. The van der Waals surface area contributed by atoms with Gasteiger partial charge in [0.15, 0.2) is 0 Å². The molecule has 1 aromatic rings. The maximum absolute atomic E-state index is 4.51. The van der Waals surface area contributed by atoms with Gasteiger partial charge in [-0.15, -0.1) is 0 Å². The molecule has 1 aliphatic carbocycles. The zero-order valence-corrected chi connectivity index (χ0v) is 15.0. The van der Waals surface area contributed by atoms with Crippen molar-refractivity contribution < 1.29 is 0 Å². The third-order valence-electron chi connectivity index (χ3n) is 5.76. The van der Waals surface area contributed by atoms with Crippen LogP contribution >= 0.6 is 0 Å². The summed E-state index contributed by atoms with van der Waals surface area (Å²) in [5.41, 5.74) is 1.18. The van der Waals surface area contributed by atoms with Gasteiger partial charge in [0, 0.05) is 38.1 Å². The van der Waals surface area contributed by atoms with Gasteiger partial charge in [-0.05, 0) is 31.6 Å². The molecule has 2 heterocycles. The van der Waals surface area contributed by atoms with Crippen LogP contribution in [0.1, 0.15) is 64.6 Å². The number of nitrogens with zero attached hydrogens (tertiary/aromatic N) is 4. The van der Waals surface area contributed by atoms with Crippen LogP contribution in [-0.4, -0.2) is 47.1 Å². The molecule has 0 aromatic carbocycles. The molecule has 4 nitrogen and oxygen atoms in total. The monoisotopic (exact) mass is 316 g/mol. The highest BCUT2D eigenvalue weighted by molar-refractivity contribution is 5.42. The van der Waals surface area contributed by atoms with E-state index in [0.29, 0.717) is 5.92 Å². The molecule has 1 saturated heterocycles. The molecular formula is C19H32N4. The molecule has 23 heavy (non-hydrogen) atoms. The highest BCUT2D eigenvalue weighted by Crippen LogP contribution is 2.30. The van der Waals surface area contributed by atoms with Gasteiger partial charge >= 0.3 is 0 Å². The molecule has 128 valence electrons. The lowest BCUT2D eigenvalue weighted by molar-refractivity contribution is 0.128. The molecule has 0 unspecified atom stereocenters. The van der Waals surface area contributed by atoms with E-state index in [1.807, 2.05) is 12.4 Å². The Bertz CT molecular complexity index is 469. The summed E-state index contributed by atoms with van der Waals surface area (Å²) >= 11 is 0. The lowest BCUT2D eigenvalue weighted by atomic mass is 9.84. The first-order valence-electron chi connectivity index (χ1n) is 9.48. The highest BCUT2D eigenvalue weighted by Gasteiger charge is 2.27. The van der Waals surface area contributed by atoms with Crippen molar-refractivity contribution in [1.29, 1.82) is 0 Å². The third kappa shape index (κ3) is 4.03. The molecule has 2 fully saturated rings. The molecule has 0 radical (unpaired) electrons. The summed E-state index contributed by atoms with van der Waals surface area (Å²) in [6.45, 7) is 11.2. The number of rotatable bonds is 4. The van der Waals surface area contributed by atoms with Crippen LogP contribution < -0.4 is 4.90 Å². The van der Waals surface area contributed by atoms with Crippen LogP contribution in [0, 0.1) is 5.92 Å². The van der Waals surface area contributed by atoms with Crippen LogP contribution in [0.15, 0.2) is 12.4 Å². The summed E-state index contributed by atoms with van der Waals surface area (Å²) in [4.78, 5) is 14.2. The van der Waals surface area contributed by atoms with Crippen molar-refractivity contribution in [2.45, 2.75) is 64.8 Å². The maximum atomic E-state index is 4.51. The van der Waals surface area contributed by atoms with Crippen LogP contribution in [0.3, 0.4) is 0 Å². The Hall–Kier alpha value is -1.16. The highest BCUT2D eigenvalue weighted by atomic mass is 15.3. The third-order valence-corrected chi connectivity index (χ3v) is 5.76. The van der Waals surface area contributed by atoms with Gasteiger partial charge in [0.2, 0.25) is 0 Å². The fraction of sp³-hybridized carbons (Fsp3) is 0.789. The second kappa shape index (κ2) is 7.61. The van der Waals surface area contributed by atoms with Gasteiger partial charge in [0.25, 0.3) is 0 Å². The first kappa shape index (κ1) is 16.7. The minimum atomic E-state index is 0.402. The topological polar surface area (TPSA) is 32.3 Å². The van der Waals surface area contributed by atoms with Gasteiger partial charge in [-0.1, -0.05) is 27.2 Å².